The van der Waals surface area contributed by atoms with Crippen molar-refractivity contribution in [3.05, 3.63) is 12.2 Å². The largest absolute Gasteiger partial charge is 0.460 e. The van der Waals surface area contributed by atoms with Crippen molar-refractivity contribution < 1.29 is 9.53 Å². The van der Waals surface area contributed by atoms with Crippen LogP contribution in [0.1, 0.15) is 47.0 Å². The first-order chi connectivity index (χ1) is 5.98. The molecule has 0 aromatic rings. The van der Waals surface area contributed by atoms with Gasteiger partial charge in [0.1, 0.15) is 5.60 Å². The second kappa shape index (κ2) is 5.79. The van der Waals surface area contributed by atoms with Crippen LogP contribution in [0.2, 0.25) is 0 Å². The van der Waals surface area contributed by atoms with Crippen molar-refractivity contribution >= 4 is 5.97 Å². The molecule has 0 aromatic carbocycles. The minimum atomic E-state index is -0.329. The molecule has 0 amide bonds. The highest BCUT2D eigenvalue weighted by Crippen LogP contribution is 2.17. The molecule has 76 valence electrons. The van der Waals surface area contributed by atoms with Crippen molar-refractivity contribution in [2.24, 2.45) is 0 Å². The standard InChI is InChI=1S/C11H20O2/c1-5-6-7-8-9-11(3,4)13-10(2)12/h6-7H,5,8-9H2,1-4H3. The maximum absolute atomic E-state index is 10.7. The topological polar surface area (TPSA) is 26.3 Å². The summed E-state index contributed by atoms with van der Waals surface area (Å²) in [5.41, 5.74) is -0.329. The van der Waals surface area contributed by atoms with Gasteiger partial charge in [-0.25, -0.2) is 0 Å². The van der Waals surface area contributed by atoms with Crippen LogP contribution in [0, 0.1) is 0 Å². The fraction of sp³-hybridized carbons (Fsp3) is 0.727. The zero-order chi connectivity index (χ0) is 10.3. The van der Waals surface area contributed by atoms with Crippen molar-refractivity contribution in [3.63, 3.8) is 0 Å². The summed E-state index contributed by atoms with van der Waals surface area (Å²) in [6.45, 7) is 7.43. The quantitative estimate of drug-likeness (QED) is 0.485. The number of hydrogen-bond donors (Lipinski definition) is 0. The lowest BCUT2D eigenvalue weighted by atomic mass is 10.0. The Morgan fingerprint density at radius 2 is 2.00 bits per heavy atom. The summed E-state index contributed by atoms with van der Waals surface area (Å²) in [7, 11) is 0. The predicted molar refractivity (Wildman–Crippen MR) is 54.5 cm³/mol. The zero-order valence-corrected chi connectivity index (χ0v) is 9.09. The number of rotatable bonds is 5. The number of ether oxygens (including phenoxy) is 1. The molecule has 13 heavy (non-hydrogen) atoms. The van der Waals surface area contributed by atoms with E-state index in [0.717, 1.165) is 19.3 Å². The second-order valence-corrected chi connectivity index (χ2v) is 3.77. The number of carbonyl (C=O) groups excluding carboxylic acids is 1. The molecule has 0 heterocycles. The van der Waals surface area contributed by atoms with Crippen LogP contribution >= 0.6 is 0 Å². The third-order valence-electron chi connectivity index (χ3n) is 1.74. The first-order valence-electron chi connectivity index (χ1n) is 4.82. The third-order valence-corrected chi connectivity index (χ3v) is 1.74. The minimum Gasteiger partial charge on any atom is -0.460 e. The molecule has 0 rings (SSSR count). The molecule has 0 bridgehead atoms. The molecule has 0 aliphatic heterocycles. The predicted octanol–water partition coefficient (Wildman–Crippen LogP) is 3.07. The summed E-state index contributed by atoms with van der Waals surface area (Å²) < 4.78 is 5.15. The van der Waals surface area contributed by atoms with Crippen molar-refractivity contribution in [1.82, 2.24) is 0 Å². The highest BCUT2D eigenvalue weighted by atomic mass is 16.6. The third kappa shape index (κ3) is 7.57. The molecular formula is C11H20O2. The van der Waals surface area contributed by atoms with E-state index >= 15 is 0 Å². The van der Waals surface area contributed by atoms with Crippen LogP contribution in [0.4, 0.5) is 0 Å². The Balaban J connectivity index is 3.75. The first-order valence-corrected chi connectivity index (χ1v) is 4.82. The van der Waals surface area contributed by atoms with E-state index in [2.05, 4.69) is 19.1 Å². The summed E-state index contributed by atoms with van der Waals surface area (Å²) in [5.74, 6) is -0.204. The van der Waals surface area contributed by atoms with Crippen molar-refractivity contribution in [1.29, 1.82) is 0 Å². The minimum absolute atomic E-state index is 0.204. The fourth-order valence-electron chi connectivity index (χ4n) is 1.16. The van der Waals surface area contributed by atoms with Crippen LogP contribution in [0.25, 0.3) is 0 Å². The van der Waals surface area contributed by atoms with Gasteiger partial charge < -0.3 is 4.74 Å². The van der Waals surface area contributed by atoms with E-state index in [9.17, 15) is 4.79 Å². The van der Waals surface area contributed by atoms with Gasteiger partial charge in [0.2, 0.25) is 0 Å². The van der Waals surface area contributed by atoms with E-state index in [4.69, 9.17) is 4.74 Å². The van der Waals surface area contributed by atoms with E-state index in [1.54, 1.807) is 0 Å². The van der Waals surface area contributed by atoms with Crippen LogP contribution in [0.5, 0.6) is 0 Å². The lowest BCUT2D eigenvalue weighted by Crippen LogP contribution is -2.26. The normalized spacial score (nSPS) is 12.0. The molecule has 0 N–H and O–H groups in total. The summed E-state index contributed by atoms with van der Waals surface area (Å²) in [6, 6.07) is 0. The summed E-state index contributed by atoms with van der Waals surface area (Å²) in [4.78, 5) is 10.7. The molecule has 0 fully saturated rings. The average Bonchev–Trinajstić information content (AvgIpc) is 1.95. The molecule has 0 atom stereocenters. The molecule has 0 spiro atoms. The van der Waals surface area contributed by atoms with Crippen molar-refractivity contribution in [2.75, 3.05) is 0 Å². The van der Waals surface area contributed by atoms with Gasteiger partial charge in [0.25, 0.3) is 0 Å². The summed E-state index contributed by atoms with van der Waals surface area (Å²) in [6.07, 6.45) is 7.17. The van der Waals surface area contributed by atoms with Crippen LogP contribution in [0.3, 0.4) is 0 Å². The smallest absolute Gasteiger partial charge is 0.303 e. The van der Waals surface area contributed by atoms with Crippen molar-refractivity contribution in [3.8, 4) is 0 Å². The Morgan fingerprint density at radius 3 is 2.46 bits per heavy atom. The molecule has 2 nitrogen and oxygen atoms in total. The number of allylic oxidation sites excluding steroid dienone is 2. The van der Waals surface area contributed by atoms with Crippen LogP contribution in [-0.2, 0) is 9.53 Å². The summed E-state index contributed by atoms with van der Waals surface area (Å²) >= 11 is 0. The first kappa shape index (κ1) is 12.2. The van der Waals surface area contributed by atoms with Crippen LogP contribution in [0.15, 0.2) is 12.2 Å². The highest BCUT2D eigenvalue weighted by molar-refractivity contribution is 5.66. The molecule has 0 radical (unpaired) electrons. The van der Waals surface area contributed by atoms with Gasteiger partial charge in [-0.1, -0.05) is 19.1 Å². The molecule has 0 aliphatic carbocycles. The maximum Gasteiger partial charge on any atom is 0.303 e. The maximum atomic E-state index is 10.7. The molecule has 2 heteroatoms. The lowest BCUT2D eigenvalue weighted by Gasteiger charge is -2.23. The highest BCUT2D eigenvalue weighted by Gasteiger charge is 2.19. The van der Waals surface area contributed by atoms with E-state index in [0.29, 0.717) is 0 Å². The lowest BCUT2D eigenvalue weighted by molar-refractivity contribution is -0.154. The molecule has 0 saturated carbocycles. The SMILES string of the molecule is CCC=CCCC(C)(C)OC(C)=O. The molecule has 0 unspecified atom stereocenters. The van der Waals surface area contributed by atoms with E-state index < -0.39 is 0 Å². The van der Waals surface area contributed by atoms with Gasteiger partial charge in [0, 0.05) is 6.92 Å². The van der Waals surface area contributed by atoms with E-state index in [1.807, 2.05) is 13.8 Å². The number of hydrogen-bond acceptors (Lipinski definition) is 2. The van der Waals surface area contributed by atoms with E-state index in [1.165, 1.54) is 6.92 Å². The van der Waals surface area contributed by atoms with Crippen LogP contribution in [-0.4, -0.2) is 11.6 Å². The molecule has 0 aliphatic rings. The van der Waals surface area contributed by atoms with Gasteiger partial charge >= 0.3 is 5.97 Å². The summed E-state index contributed by atoms with van der Waals surface area (Å²) in [5, 5.41) is 0. The van der Waals surface area contributed by atoms with Gasteiger partial charge in [-0.2, -0.15) is 0 Å². The van der Waals surface area contributed by atoms with Gasteiger partial charge in [0.05, 0.1) is 0 Å². The zero-order valence-electron chi connectivity index (χ0n) is 9.09. The van der Waals surface area contributed by atoms with Gasteiger partial charge in [-0.05, 0) is 33.1 Å². The monoisotopic (exact) mass is 184 g/mol. The molecule has 0 saturated heterocycles. The Labute approximate surface area is 81.0 Å². The van der Waals surface area contributed by atoms with Gasteiger partial charge in [0.15, 0.2) is 0 Å². The molecule has 0 aromatic heterocycles. The van der Waals surface area contributed by atoms with Crippen LogP contribution < -0.4 is 0 Å². The number of esters is 1. The fourth-order valence-corrected chi connectivity index (χ4v) is 1.16. The Hall–Kier alpha value is -0.790. The average molecular weight is 184 g/mol. The van der Waals surface area contributed by atoms with Gasteiger partial charge in [-0.15, -0.1) is 0 Å². The Kier molecular flexibility index (Phi) is 5.44. The number of carbonyl (C=O) groups is 1. The molecular weight excluding hydrogens is 164 g/mol. The van der Waals surface area contributed by atoms with E-state index in [-0.39, 0.29) is 11.6 Å². The van der Waals surface area contributed by atoms with Gasteiger partial charge in [-0.3, -0.25) is 4.79 Å². The van der Waals surface area contributed by atoms with Crippen molar-refractivity contribution in [2.45, 2.75) is 52.6 Å². The second-order valence-electron chi connectivity index (χ2n) is 3.77. The Bertz CT molecular complexity index is 181. The Morgan fingerprint density at radius 1 is 1.38 bits per heavy atom.